The van der Waals surface area contributed by atoms with Crippen molar-refractivity contribution in [3.05, 3.63) is 23.4 Å². The predicted molar refractivity (Wildman–Crippen MR) is 67.8 cm³/mol. The maximum atomic E-state index is 9.01. The van der Waals surface area contributed by atoms with Crippen molar-refractivity contribution in [1.29, 1.82) is 5.26 Å². The van der Waals surface area contributed by atoms with Crippen molar-refractivity contribution in [2.45, 2.75) is 20.8 Å². The first-order valence-electron chi connectivity index (χ1n) is 5.82. The summed E-state index contributed by atoms with van der Waals surface area (Å²) in [5, 5.41) is 12.1. The zero-order valence-electron chi connectivity index (χ0n) is 10.7. The molecule has 0 fully saturated rings. The largest absolute Gasteiger partial charge is 0.379 e. The number of pyridine rings is 1. The molecule has 1 heterocycles. The van der Waals surface area contributed by atoms with E-state index in [9.17, 15) is 0 Å². The normalized spacial score (nSPS) is 10.3. The molecular weight excluding hydrogens is 214 g/mol. The standard InChI is InChI=1S/C13H19N3O/c1-10(2)9-17-7-6-16-13-12(8-14)11(3)4-5-15-13/h4-5,10H,6-7,9H2,1-3H3,(H,15,16). The molecular formula is C13H19N3O. The van der Waals surface area contributed by atoms with Gasteiger partial charge in [0.25, 0.3) is 0 Å². The Hall–Kier alpha value is -1.60. The lowest BCUT2D eigenvalue weighted by molar-refractivity contribution is 0.118. The van der Waals surface area contributed by atoms with Crippen molar-refractivity contribution in [3.63, 3.8) is 0 Å². The minimum atomic E-state index is 0.543. The molecule has 0 aliphatic rings. The SMILES string of the molecule is Cc1ccnc(NCCOCC(C)C)c1C#N. The topological polar surface area (TPSA) is 57.9 Å². The molecule has 0 aromatic carbocycles. The lowest BCUT2D eigenvalue weighted by Gasteiger charge is -2.10. The third-order valence-corrected chi connectivity index (χ3v) is 2.26. The molecule has 0 saturated carbocycles. The lowest BCUT2D eigenvalue weighted by Crippen LogP contribution is -2.13. The van der Waals surface area contributed by atoms with Crippen LogP contribution in [0.3, 0.4) is 0 Å². The van der Waals surface area contributed by atoms with E-state index in [1.54, 1.807) is 6.20 Å². The molecule has 0 atom stereocenters. The first kappa shape index (κ1) is 13.5. The number of anilines is 1. The summed E-state index contributed by atoms with van der Waals surface area (Å²) in [5.74, 6) is 1.18. The molecule has 17 heavy (non-hydrogen) atoms. The van der Waals surface area contributed by atoms with Crippen LogP contribution in [0, 0.1) is 24.2 Å². The molecule has 0 aliphatic carbocycles. The molecule has 4 nitrogen and oxygen atoms in total. The molecule has 0 spiro atoms. The number of nitriles is 1. The van der Waals surface area contributed by atoms with Crippen LogP contribution in [0.5, 0.6) is 0 Å². The number of hydrogen-bond acceptors (Lipinski definition) is 4. The van der Waals surface area contributed by atoms with Crippen molar-refractivity contribution >= 4 is 5.82 Å². The van der Waals surface area contributed by atoms with E-state index in [1.165, 1.54) is 0 Å². The van der Waals surface area contributed by atoms with E-state index in [0.717, 1.165) is 12.2 Å². The number of nitrogens with zero attached hydrogens (tertiary/aromatic N) is 2. The lowest BCUT2D eigenvalue weighted by atomic mass is 10.1. The van der Waals surface area contributed by atoms with Crippen LogP contribution in [-0.2, 0) is 4.74 Å². The Balaban J connectivity index is 2.42. The van der Waals surface area contributed by atoms with Crippen molar-refractivity contribution < 1.29 is 4.74 Å². The van der Waals surface area contributed by atoms with Gasteiger partial charge in [-0.15, -0.1) is 0 Å². The van der Waals surface area contributed by atoms with Crippen LogP contribution in [0.15, 0.2) is 12.3 Å². The molecule has 0 radical (unpaired) electrons. The summed E-state index contributed by atoms with van der Waals surface area (Å²) in [6, 6.07) is 3.99. The number of aromatic nitrogens is 1. The number of ether oxygens (including phenoxy) is 1. The van der Waals surface area contributed by atoms with Crippen LogP contribution in [0.2, 0.25) is 0 Å². The molecule has 1 aromatic rings. The summed E-state index contributed by atoms with van der Waals surface area (Å²) in [6.45, 7) is 8.18. The molecule has 0 amide bonds. The summed E-state index contributed by atoms with van der Waals surface area (Å²) >= 11 is 0. The zero-order chi connectivity index (χ0) is 12.7. The number of aryl methyl sites for hydroxylation is 1. The van der Waals surface area contributed by atoms with E-state index < -0.39 is 0 Å². The van der Waals surface area contributed by atoms with Crippen LogP contribution >= 0.6 is 0 Å². The van der Waals surface area contributed by atoms with Crippen molar-refractivity contribution in [2.75, 3.05) is 25.1 Å². The van der Waals surface area contributed by atoms with E-state index in [4.69, 9.17) is 10.00 Å². The fraction of sp³-hybridized carbons (Fsp3) is 0.538. The van der Waals surface area contributed by atoms with E-state index in [2.05, 4.69) is 30.2 Å². The third kappa shape index (κ3) is 4.41. The Morgan fingerprint density at radius 3 is 2.94 bits per heavy atom. The van der Waals surface area contributed by atoms with Crippen molar-refractivity contribution in [1.82, 2.24) is 4.98 Å². The predicted octanol–water partition coefficient (Wildman–Crippen LogP) is 2.35. The average Bonchev–Trinajstić information content (AvgIpc) is 2.28. The van der Waals surface area contributed by atoms with Crippen molar-refractivity contribution in [2.24, 2.45) is 5.92 Å². The summed E-state index contributed by atoms with van der Waals surface area (Å²) in [4.78, 5) is 4.15. The van der Waals surface area contributed by atoms with E-state index in [0.29, 0.717) is 30.5 Å². The first-order valence-corrected chi connectivity index (χ1v) is 5.82. The number of rotatable bonds is 6. The highest BCUT2D eigenvalue weighted by Gasteiger charge is 2.05. The highest BCUT2D eigenvalue weighted by molar-refractivity contribution is 5.55. The van der Waals surface area contributed by atoms with E-state index >= 15 is 0 Å². The molecule has 1 N–H and O–H groups in total. The maximum absolute atomic E-state index is 9.01. The Bertz CT molecular complexity index is 396. The second-order valence-corrected chi connectivity index (χ2v) is 4.36. The molecule has 0 unspecified atom stereocenters. The maximum Gasteiger partial charge on any atom is 0.144 e. The van der Waals surface area contributed by atoms with Crippen LogP contribution < -0.4 is 5.32 Å². The Labute approximate surface area is 103 Å². The van der Waals surface area contributed by atoms with E-state index in [1.807, 2.05) is 13.0 Å². The quantitative estimate of drug-likeness (QED) is 0.766. The van der Waals surface area contributed by atoms with Gasteiger partial charge >= 0.3 is 0 Å². The number of hydrogen-bond donors (Lipinski definition) is 1. The minimum absolute atomic E-state index is 0.543. The monoisotopic (exact) mass is 233 g/mol. The summed E-state index contributed by atoms with van der Waals surface area (Å²) < 4.78 is 5.45. The van der Waals surface area contributed by atoms with Gasteiger partial charge in [-0.2, -0.15) is 5.26 Å². The van der Waals surface area contributed by atoms with Gasteiger partial charge < -0.3 is 10.1 Å². The van der Waals surface area contributed by atoms with Crippen LogP contribution in [0.4, 0.5) is 5.82 Å². The molecule has 1 aromatic heterocycles. The van der Waals surface area contributed by atoms with Gasteiger partial charge in [-0.05, 0) is 24.5 Å². The Morgan fingerprint density at radius 1 is 1.53 bits per heavy atom. The van der Waals surface area contributed by atoms with Gasteiger partial charge in [0, 0.05) is 19.3 Å². The Morgan fingerprint density at radius 2 is 2.29 bits per heavy atom. The minimum Gasteiger partial charge on any atom is -0.379 e. The molecule has 4 heteroatoms. The van der Waals surface area contributed by atoms with Crippen molar-refractivity contribution in [3.8, 4) is 6.07 Å². The van der Waals surface area contributed by atoms with Gasteiger partial charge in [-0.25, -0.2) is 4.98 Å². The smallest absolute Gasteiger partial charge is 0.144 e. The van der Waals surface area contributed by atoms with Gasteiger partial charge in [0.15, 0.2) is 0 Å². The zero-order valence-corrected chi connectivity index (χ0v) is 10.7. The molecule has 0 aliphatic heterocycles. The first-order chi connectivity index (χ1) is 8.15. The van der Waals surface area contributed by atoms with Crippen LogP contribution in [0.25, 0.3) is 0 Å². The van der Waals surface area contributed by atoms with Gasteiger partial charge in [0.05, 0.1) is 12.2 Å². The fourth-order valence-electron chi connectivity index (χ4n) is 1.39. The molecule has 0 bridgehead atoms. The second-order valence-electron chi connectivity index (χ2n) is 4.36. The van der Waals surface area contributed by atoms with Gasteiger partial charge in [0.2, 0.25) is 0 Å². The summed E-state index contributed by atoms with van der Waals surface area (Å²) in [6.07, 6.45) is 1.70. The highest BCUT2D eigenvalue weighted by Crippen LogP contribution is 2.14. The highest BCUT2D eigenvalue weighted by atomic mass is 16.5. The summed E-state index contributed by atoms with van der Waals surface area (Å²) in [5.41, 5.74) is 1.55. The van der Waals surface area contributed by atoms with Crippen LogP contribution in [0.1, 0.15) is 25.0 Å². The van der Waals surface area contributed by atoms with Gasteiger partial charge in [-0.3, -0.25) is 0 Å². The molecule has 92 valence electrons. The third-order valence-electron chi connectivity index (χ3n) is 2.26. The van der Waals surface area contributed by atoms with Gasteiger partial charge in [0.1, 0.15) is 11.9 Å². The Kier molecular flexibility index (Phi) is 5.44. The summed E-state index contributed by atoms with van der Waals surface area (Å²) in [7, 11) is 0. The number of nitrogens with one attached hydrogen (secondary N) is 1. The fourth-order valence-corrected chi connectivity index (χ4v) is 1.39. The molecule has 1 rings (SSSR count). The van der Waals surface area contributed by atoms with Gasteiger partial charge in [-0.1, -0.05) is 13.8 Å². The average molecular weight is 233 g/mol. The van der Waals surface area contributed by atoms with E-state index in [-0.39, 0.29) is 0 Å². The van der Waals surface area contributed by atoms with Crippen LogP contribution in [-0.4, -0.2) is 24.7 Å². The second kappa shape index (κ2) is 6.87. The molecule has 0 saturated heterocycles.